The molecule has 0 saturated carbocycles. The largest absolute Gasteiger partial charge is 0.480 e. The number of urea groups is 1. The number of hydrogen-bond donors (Lipinski definition) is 1. The van der Waals surface area contributed by atoms with Crippen LogP contribution >= 0.6 is 0 Å². The van der Waals surface area contributed by atoms with E-state index in [2.05, 4.69) is 0 Å². The number of carbonyl (C=O) groups excluding carboxylic acids is 1. The van der Waals surface area contributed by atoms with Crippen molar-refractivity contribution in [1.29, 1.82) is 0 Å². The summed E-state index contributed by atoms with van der Waals surface area (Å²) >= 11 is 0. The van der Waals surface area contributed by atoms with Crippen LogP contribution in [0.25, 0.3) is 0 Å². The van der Waals surface area contributed by atoms with Crippen molar-refractivity contribution in [3.05, 3.63) is 0 Å². The molecule has 6 nitrogen and oxygen atoms in total. The first-order valence-corrected chi connectivity index (χ1v) is 6.29. The van der Waals surface area contributed by atoms with Crippen molar-refractivity contribution in [1.82, 2.24) is 9.80 Å². The molecule has 2 amide bonds. The Balaban J connectivity index is 2.45. The summed E-state index contributed by atoms with van der Waals surface area (Å²) in [6.07, 6.45) is 1.42. The normalized spacial score (nSPS) is 19.3. The molecular weight excluding hydrogens is 236 g/mol. The maximum atomic E-state index is 12.1. The van der Waals surface area contributed by atoms with Gasteiger partial charge in [0, 0.05) is 20.1 Å². The molecule has 1 aliphatic heterocycles. The molecule has 0 radical (unpaired) electrons. The molecule has 104 valence electrons. The summed E-state index contributed by atoms with van der Waals surface area (Å²) in [5.74, 6) is -0.923. The van der Waals surface area contributed by atoms with Gasteiger partial charge in [0.05, 0.1) is 12.7 Å². The molecule has 1 atom stereocenters. The number of nitrogens with zero attached hydrogens (tertiary/aromatic N) is 2. The van der Waals surface area contributed by atoms with Crippen LogP contribution in [0.5, 0.6) is 0 Å². The molecule has 0 aliphatic carbocycles. The van der Waals surface area contributed by atoms with Gasteiger partial charge in [0.2, 0.25) is 0 Å². The molecule has 18 heavy (non-hydrogen) atoms. The summed E-state index contributed by atoms with van der Waals surface area (Å²) in [4.78, 5) is 26.0. The van der Waals surface area contributed by atoms with Crippen LogP contribution in [0, 0.1) is 0 Å². The molecule has 1 unspecified atom stereocenters. The van der Waals surface area contributed by atoms with Gasteiger partial charge in [0.1, 0.15) is 6.04 Å². The second-order valence-electron chi connectivity index (χ2n) is 4.81. The van der Waals surface area contributed by atoms with Crippen molar-refractivity contribution >= 4 is 12.0 Å². The zero-order chi connectivity index (χ0) is 13.7. The summed E-state index contributed by atoms with van der Waals surface area (Å²) in [6.45, 7) is 5.32. The first-order chi connectivity index (χ1) is 8.43. The van der Waals surface area contributed by atoms with E-state index in [-0.39, 0.29) is 12.1 Å². The van der Waals surface area contributed by atoms with Gasteiger partial charge in [-0.05, 0) is 26.7 Å². The first-order valence-electron chi connectivity index (χ1n) is 6.29. The average molecular weight is 258 g/mol. The van der Waals surface area contributed by atoms with Crippen molar-refractivity contribution < 1.29 is 19.4 Å². The lowest BCUT2D eigenvalue weighted by Gasteiger charge is -2.27. The van der Waals surface area contributed by atoms with E-state index in [1.54, 1.807) is 7.05 Å². The highest BCUT2D eigenvalue weighted by Crippen LogP contribution is 2.18. The Morgan fingerprint density at radius 2 is 2.17 bits per heavy atom. The smallest absolute Gasteiger partial charge is 0.326 e. The molecule has 1 fully saturated rings. The Morgan fingerprint density at radius 1 is 1.50 bits per heavy atom. The summed E-state index contributed by atoms with van der Waals surface area (Å²) in [7, 11) is 1.67. The van der Waals surface area contributed by atoms with E-state index in [4.69, 9.17) is 9.84 Å². The van der Waals surface area contributed by atoms with Crippen molar-refractivity contribution in [2.24, 2.45) is 0 Å². The number of carbonyl (C=O) groups is 2. The highest BCUT2D eigenvalue weighted by molar-refractivity contribution is 5.83. The highest BCUT2D eigenvalue weighted by atomic mass is 16.5. The summed E-state index contributed by atoms with van der Waals surface area (Å²) in [6, 6.07) is -0.904. The van der Waals surface area contributed by atoms with Crippen LogP contribution in [0.2, 0.25) is 0 Å². The Morgan fingerprint density at radius 3 is 2.72 bits per heavy atom. The fourth-order valence-corrected chi connectivity index (χ4v) is 1.99. The van der Waals surface area contributed by atoms with Gasteiger partial charge in [-0.15, -0.1) is 0 Å². The molecule has 0 aromatic rings. The van der Waals surface area contributed by atoms with Crippen LogP contribution in [-0.4, -0.2) is 65.8 Å². The molecule has 1 rings (SSSR count). The summed E-state index contributed by atoms with van der Waals surface area (Å²) in [5.41, 5.74) is 0. The summed E-state index contributed by atoms with van der Waals surface area (Å²) in [5, 5.41) is 9.03. The van der Waals surface area contributed by atoms with Gasteiger partial charge >= 0.3 is 12.0 Å². The average Bonchev–Trinajstić information content (AvgIpc) is 2.76. The number of carboxylic acid groups (broad SMARTS) is 1. The van der Waals surface area contributed by atoms with Crippen LogP contribution in [0.3, 0.4) is 0 Å². The van der Waals surface area contributed by atoms with E-state index in [9.17, 15) is 9.59 Å². The highest BCUT2D eigenvalue weighted by Gasteiger charge is 2.35. The number of aliphatic carboxylic acids is 1. The van der Waals surface area contributed by atoms with Gasteiger partial charge in [-0.3, -0.25) is 0 Å². The zero-order valence-corrected chi connectivity index (χ0v) is 11.3. The fraction of sp³-hybridized carbons (Fsp3) is 0.833. The van der Waals surface area contributed by atoms with Crippen molar-refractivity contribution in [2.45, 2.75) is 38.8 Å². The molecule has 6 heteroatoms. The van der Waals surface area contributed by atoms with Crippen LogP contribution in [0.4, 0.5) is 4.79 Å². The van der Waals surface area contributed by atoms with Crippen molar-refractivity contribution in [3.8, 4) is 0 Å². The molecule has 0 bridgehead atoms. The number of likely N-dealkylation sites (tertiary alicyclic amines) is 1. The molecule has 0 aromatic carbocycles. The van der Waals surface area contributed by atoms with Gasteiger partial charge in [-0.2, -0.15) is 0 Å². The van der Waals surface area contributed by atoms with E-state index in [0.29, 0.717) is 26.1 Å². The Kier molecular flexibility index (Phi) is 5.40. The predicted octanol–water partition coefficient (Wildman–Crippen LogP) is 1.01. The van der Waals surface area contributed by atoms with Crippen LogP contribution in [-0.2, 0) is 9.53 Å². The third-order valence-corrected chi connectivity index (χ3v) is 2.99. The van der Waals surface area contributed by atoms with E-state index in [1.165, 1.54) is 9.80 Å². The van der Waals surface area contributed by atoms with Crippen molar-refractivity contribution in [3.63, 3.8) is 0 Å². The van der Waals surface area contributed by atoms with Crippen LogP contribution in [0.15, 0.2) is 0 Å². The quantitative estimate of drug-likeness (QED) is 0.799. The number of carboxylic acids is 1. The maximum absolute atomic E-state index is 12.1. The van der Waals surface area contributed by atoms with Gasteiger partial charge in [0.25, 0.3) is 0 Å². The maximum Gasteiger partial charge on any atom is 0.326 e. The van der Waals surface area contributed by atoms with Gasteiger partial charge < -0.3 is 19.6 Å². The third-order valence-electron chi connectivity index (χ3n) is 2.99. The Hall–Kier alpha value is -1.30. The first kappa shape index (κ1) is 14.8. The van der Waals surface area contributed by atoms with Crippen molar-refractivity contribution in [2.75, 3.05) is 26.7 Å². The molecule has 1 saturated heterocycles. The number of ether oxygens (including phenoxy) is 1. The van der Waals surface area contributed by atoms with E-state index < -0.39 is 12.0 Å². The van der Waals surface area contributed by atoms with Gasteiger partial charge in [-0.1, -0.05) is 0 Å². The lowest BCUT2D eigenvalue weighted by Crippen LogP contribution is -2.47. The minimum Gasteiger partial charge on any atom is -0.480 e. The topological polar surface area (TPSA) is 70.1 Å². The monoisotopic (exact) mass is 258 g/mol. The minimum atomic E-state index is -0.923. The zero-order valence-electron chi connectivity index (χ0n) is 11.3. The van der Waals surface area contributed by atoms with Crippen LogP contribution in [0.1, 0.15) is 26.7 Å². The van der Waals surface area contributed by atoms with Crippen LogP contribution < -0.4 is 0 Å². The lowest BCUT2D eigenvalue weighted by molar-refractivity contribution is -0.141. The van der Waals surface area contributed by atoms with Gasteiger partial charge in [0.15, 0.2) is 0 Å². The number of likely N-dealkylation sites (N-methyl/N-ethyl adjacent to an activating group) is 1. The fourth-order valence-electron chi connectivity index (χ4n) is 1.99. The molecule has 1 heterocycles. The number of rotatable bonds is 5. The summed E-state index contributed by atoms with van der Waals surface area (Å²) < 4.78 is 5.37. The number of amides is 2. The molecular formula is C12H22N2O4. The molecule has 1 N–H and O–H groups in total. The van der Waals surface area contributed by atoms with E-state index in [1.807, 2.05) is 13.8 Å². The number of hydrogen-bond acceptors (Lipinski definition) is 3. The Bertz CT molecular complexity index is 306. The SMILES string of the molecule is CC(C)OCCN(C)C(=O)N1CCCC1C(=O)O. The second kappa shape index (κ2) is 6.58. The second-order valence-corrected chi connectivity index (χ2v) is 4.81. The minimum absolute atomic E-state index is 0.132. The van der Waals surface area contributed by atoms with Gasteiger partial charge in [-0.25, -0.2) is 9.59 Å². The third kappa shape index (κ3) is 3.87. The standard InChI is InChI=1S/C12H22N2O4/c1-9(2)18-8-7-13(3)12(17)14-6-4-5-10(14)11(15)16/h9-10H,4-8H2,1-3H3,(H,15,16). The molecule has 0 aromatic heterocycles. The van der Waals surface area contributed by atoms with E-state index >= 15 is 0 Å². The lowest BCUT2D eigenvalue weighted by atomic mass is 10.2. The molecule has 1 aliphatic rings. The van der Waals surface area contributed by atoms with E-state index in [0.717, 1.165) is 6.42 Å². The molecule has 0 spiro atoms. The Labute approximate surface area is 107 Å². The predicted molar refractivity (Wildman–Crippen MR) is 66.5 cm³/mol.